The average Bonchev–Trinajstić information content (AvgIpc) is 3.51. The Morgan fingerprint density at radius 3 is 2.64 bits per heavy atom. The Bertz CT molecular complexity index is 2020. The van der Waals surface area contributed by atoms with Gasteiger partial charge in [0, 0.05) is 6.54 Å². The van der Waals surface area contributed by atoms with E-state index in [1.54, 1.807) is 10.9 Å². The van der Waals surface area contributed by atoms with Crippen LogP contribution in [0.15, 0.2) is 95.0 Å². The number of carbonyl (C=O) groups is 1. The van der Waals surface area contributed by atoms with E-state index in [4.69, 9.17) is 15.5 Å². The summed E-state index contributed by atoms with van der Waals surface area (Å²) in [5.41, 5.74) is 9.14. The molecule has 0 fully saturated rings. The van der Waals surface area contributed by atoms with E-state index in [0.29, 0.717) is 56.8 Å². The predicted molar refractivity (Wildman–Crippen MR) is 178 cm³/mol. The highest BCUT2D eigenvalue weighted by Crippen LogP contribution is 2.25. The number of fused-ring (bicyclic) bond motifs is 2. The molecule has 3 heterocycles. The zero-order valence-corrected chi connectivity index (χ0v) is 26.1. The van der Waals surface area contributed by atoms with Gasteiger partial charge < -0.3 is 26.1 Å². The summed E-state index contributed by atoms with van der Waals surface area (Å²) in [6, 6.07) is 24.2. The van der Waals surface area contributed by atoms with E-state index in [-0.39, 0.29) is 12.2 Å². The largest absolute Gasteiger partial charge is 0.445 e. The van der Waals surface area contributed by atoms with Crippen molar-refractivity contribution in [1.82, 2.24) is 30.2 Å². The van der Waals surface area contributed by atoms with Crippen LogP contribution in [0.2, 0.25) is 0 Å². The van der Waals surface area contributed by atoms with E-state index in [9.17, 15) is 9.59 Å². The summed E-state index contributed by atoms with van der Waals surface area (Å²) in [6.45, 7) is 2.46. The molecule has 2 aromatic heterocycles. The second-order valence-corrected chi connectivity index (χ2v) is 12.9. The number of carbonyl (C=O) groups excluding carboxylic acids is 1. The second kappa shape index (κ2) is 13.2. The van der Waals surface area contributed by atoms with E-state index in [1.807, 2.05) is 85.8 Å². The number of aryl methyl sites for hydroxylation is 1. The van der Waals surface area contributed by atoms with Gasteiger partial charge in [0.15, 0.2) is 9.66 Å². The molecular weight excluding hydrogens is 671 g/mol. The van der Waals surface area contributed by atoms with Crippen LogP contribution in [0.5, 0.6) is 0 Å². The van der Waals surface area contributed by atoms with Crippen LogP contribution < -0.4 is 27.3 Å². The molecule has 12 heteroatoms. The maximum absolute atomic E-state index is 14.1. The quantitative estimate of drug-likeness (QED) is 0.0973. The molecule has 1 aliphatic heterocycles. The summed E-state index contributed by atoms with van der Waals surface area (Å²) in [4.78, 5) is 43.9. The minimum Gasteiger partial charge on any atom is -0.445 e. The van der Waals surface area contributed by atoms with Crippen LogP contribution in [0, 0.1) is 10.2 Å². The maximum Gasteiger partial charge on any atom is 0.407 e. The van der Waals surface area contributed by atoms with Gasteiger partial charge in [0.05, 0.1) is 29.0 Å². The minimum absolute atomic E-state index is 0.160. The molecule has 0 saturated heterocycles. The lowest BCUT2D eigenvalue weighted by molar-refractivity contribution is 0.139. The van der Waals surface area contributed by atoms with Crippen LogP contribution in [-0.2, 0) is 11.3 Å². The van der Waals surface area contributed by atoms with Crippen LogP contribution in [0.3, 0.4) is 0 Å². The number of imidazole rings is 1. The molecule has 5 aromatic rings. The van der Waals surface area contributed by atoms with E-state index in [0.717, 1.165) is 14.4 Å². The van der Waals surface area contributed by atoms with Crippen molar-refractivity contribution in [2.24, 2.45) is 10.7 Å². The topological polar surface area (TPSA) is 152 Å². The summed E-state index contributed by atoms with van der Waals surface area (Å²) < 4.78 is 8.53. The average molecular weight is 703 g/mol. The van der Waals surface area contributed by atoms with Crippen molar-refractivity contribution in [3.8, 4) is 5.69 Å². The number of amides is 1. The first-order valence-electron chi connectivity index (χ1n) is 14.2. The smallest absolute Gasteiger partial charge is 0.407 e. The number of amidine groups is 1. The fourth-order valence-corrected chi connectivity index (χ4v) is 6.93. The first-order chi connectivity index (χ1) is 21.5. The number of aromatic amines is 1. The Hall–Kier alpha value is -4.85. The first-order valence-corrected chi connectivity index (χ1v) is 16.3. The number of aromatic nitrogens is 4. The van der Waals surface area contributed by atoms with Gasteiger partial charge in [-0.2, -0.15) is 0 Å². The van der Waals surface area contributed by atoms with Gasteiger partial charge in [0.1, 0.15) is 21.1 Å². The van der Waals surface area contributed by atoms with Crippen molar-refractivity contribution in [1.29, 1.82) is 0 Å². The molecule has 0 bridgehead atoms. The van der Waals surface area contributed by atoms with Crippen molar-refractivity contribution < 1.29 is 9.53 Å². The summed E-state index contributed by atoms with van der Waals surface area (Å²) in [5, 5.41) is 7.62. The molecule has 5 N–H and O–H groups in total. The van der Waals surface area contributed by atoms with Crippen LogP contribution in [-0.4, -0.2) is 36.0 Å². The molecule has 1 atom stereocenters. The number of nitrogens with one attached hydrogen (secondary N) is 3. The lowest BCUT2D eigenvalue weighted by Gasteiger charge is -2.24. The second-order valence-electron chi connectivity index (χ2n) is 10.2. The number of H-pyrrole nitrogens is 1. The molecule has 0 saturated carbocycles. The van der Waals surface area contributed by atoms with Crippen molar-refractivity contribution in [3.63, 3.8) is 0 Å². The molecule has 1 amide bonds. The molecule has 44 heavy (non-hydrogen) atoms. The summed E-state index contributed by atoms with van der Waals surface area (Å²) >= 11 is -0.641. The van der Waals surface area contributed by atoms with Gasteiger partial charge in [-0.05, 0) is 69.8 Å². The Kier molecular flexibility index (Phi) is 8.77. The third-order valence-corrected chi connectivity index (χ3v) is 9.30. The molecule has 224 valence electrons. The Balaban J connectivity index is 1.34. The van der Waals surface area contributed by atoms with Crippen molar-refractivity contribution in [3.05, 3.63) is 121 Å². The molecule has 1 unspecified atom stereocenters. The maximum atomic E-state index is 14.1. The number of para-hydroxylation sites is 1. The van der Waals surface area contributed by atoms with Gasteiger partial charge in [-0.3, -0.25) is 9.36 Å². The van der Waals surface area contributed by atoms with E-state index in [1.165, 1.54) is 0 Å². The number of nitrogens with two attached hydrogens (primary N) is 1. The van der Waals surface area contributed by atoms with Crippen molar-refractivity contribution in [2.45, 2.75) is 32.4 Å². The van der Waals surface area contributed by atoms with E-state index < -0.39 is 32.9 Å². The monoisotopic (exact) mass is 702 g/mol. The third kappa shape index (κ3) is 6.39. The molecule has 6 rings (SSSR count). The minimum atomic E-state index is -0.641. The number of hydrogen-bond donors (Lipinski definition) is 4. The number of halogens is 1. The van der Waals surface area contributed by atoms with Crippen molar-refractivity contribution in [2.75, 3.05) is 6.54 Å². The van der Waals surface area contributed by atoms with Gasteiger partial charge in [-0.25, -0.2) is 19.8 Å². The molecule has 3 aromatic carbocycles. The highest BCUT2D eigenvalue weighted by atomic mass is 127. The van der Waals surface area contributed by atoms with Gasteiger partial charge in [0.2, 0.25) is 0 Å². The fourth-order valence-electron chi connectivity index (χ4n) is 5.07. The zero-order chi connectivity index (χ0) is 30.5. The summed E-state index contributed by atoms with van der Waals surface area (Å²) in [7, 11) is 0. The molecule has 0 spiro atoms. The highest BCUT2D eigenvalue weighted by Gasteiger charge is 2.24. The highest BCUT2D eigenvalue weighted by molar-refractivity contribution is 14.2. The number of rotatable bonds is 10. The van der Waals surface area contributed by atoms with Crippen LogP contribution in [0.1, 0.15) is 35.8 Å². The van der Waals surface area contributed by atoms with E-state index >= 15 is 0 Å². The van der Waals surface area contributed by atoms with Gasteiger partial charge in [-0.15, -0.1) is 0 Å². The molecular formula is C32H31IN8O3. The number of nitrogens with zero attached hydrogens (tertiary/aromatic N) is 4. The molecule has 0 radical (unpaired) electrons. The van der Waals surface area contributed by atoms with Gasteiger partial charge in [0.25, 0.3) is 5.56 Å². The fraction of sp³-hybridized carbons (Fsp3) is 0.188. The molecule has 0 aliphatic carbocycles. The Labute approximate surface area is 262 Å². The number of aliphatic imine (C=N–C) groups is 1. The van der Waals surface area contributed by atoms with Crippen LogP contribution in [0.4, 0.5) is 4.79 Å². The number of ether oxygens (including phenoxy) is 1. The predicted octanol–water partition coefficient (Wildman–Crippen LogP) is 4.07. The Morgan fingerprint density at radius 2 is 1.84 bits per heavy atom. The number of benzene rings is 3. The van der Waals surface area contributed by atoms with Crippen LogP contribution in [0.25, 0.3) is 22.4 Å². The SMILES string of the molecule is Cc1cccc2nc(C(CCCNC(=O)OCc3ccccc3)NC3=c4nc[nH]c4=IC(N)=N3)n(-c3ccccc3)c(=O)c12. The van der Waals surface area contributed by atoms with Gasteiger partial charge >= 0.3 is 6.09 Å². The van der Waals surface area contributed by atoms with E-state index in [2.05, 4.69) is 25.6 Å². The Morgan fingerprint density at radius 1 is 1.07 bits per heavy atom. The summed E-state index contributed by atoms with van der Waals surface area (Å²) in [5.74, 6) is 1.03. The zero-order valence-electron chi connectivity index (χ0n) is 24.0. The lowest BCUT2D eigenvalue weighted by atomic mass is 10.1. The molecule has 1 aliphatic rings. The summed E-state index contributed by atoms with van der Waals surface area (Å²) in [6.07, 6.45) is 2.20. The van der Waals surface area contributed by atoms with Crippen molar-refractivity contribution >= 4 is 47.4 Å². The lowest BCUT2D eigenvalue weighted by Crippen LogP contribution is -2.34. The van der Waals surface area contributed by atoms with Crippen LogP contribution >= 0.6 is 20.7 Å². The first kappa shape index (κ1) is 29.2. The third-order valence-electron chi connectivity index (χ3n) is 7.15. The molecule has 11 nitrogen and oxygen atoms in total. The number of hydrogen-bond acceptors (Lipinski definition) is 8. The number of alkyl carbamates (subject to hydrolysis) is 1. The standard InChI is InChI=1S/C32H31IN8O3/c1-20-10-8-15-23-25(20)30(42)41(22-13-6-3-7-14-22)29(39-23)24(38-28-26-27(37-19-36-26)33-31(34)40-28)16-9-17-35-32(43)44-18-21-11-4-2-5-12-21/h2-8,10-15,19,24H,9,16-18H2,1H3,(H,35,43)(H,36,37)(H3,34,38,40). The normalized spacial score (nSPS) is 13.2. The van der Waals surface area contributed by atoms with Gasteiger partial charge in [-0.1, -0.05) is 60.7 Å².